The number of anilines is 1. The van der Waals surface area contributed by atoms with E-state index in [0.717, 1.165) is 82.0 Å². The SMILES string of the molecule is CC/C(=C(\c1ccc(O)cc1)c1ccc(C2CNN(CCCN3CCN(c4ccc5c(c4)CN(C4CCC(=O)NC4=O)C5=O)CC3)C2)cc1)c1ccccc1. The minimum Gasteiger partial charge on any atom is -0.508 e. The Morgan fingerprint density at radius 3 is 2.25 bits per heavy atom. The third kappa shape index (κ3) is 7.94. The second-order valence-corrected chi connectivity index (χ2v) is 15.2. The Kier molecular flexibility index (Phi) is 10.8. The Hall–Kier alpha value is -5.29. The number of nitrogens with zero attached hydrogens (tertiary/aromatic N) is 4. The molecule has 3 N–H and O–H groups in total. The van der Waals surface area contributed by atoms with Crippen LogP contribution in [0.15, 0.2) is 97.1 Å². The molecular weight excluding hydrogens is 689 g/mol. The Morgan fingerprint density at radius 1 is 0.818 bits per heavy atom. The van der Waals surface area contributed by atoms with Gasteiger partial charge in [0.15, 0.2) is 0 Å². The van der Waals surface area contributed by atoms with Crippen LogP contribution in [0.1, 0.15) is 76.7 Å². The van der Waals surface area contributed by atoms with E-state index in [9.17, 15) is 19.5 Å². The lowest BCUT2D eigenvalue weighted by Crippen LogP contribution is -2.52. The number of carbonyl (C=O) groups excluding carboxylic acids is 3. The molecule has 0 bridgehead atoms. The molecule has 0 radical (unpaired) electrons. The van der Waals surface area contributed by atoms with Gasteiger partial charge in [0, 0.05) is 75.9 Å². The summed E-state index contributed by atoms with van der Waals surface area (Å²) in [5, 5.41) is 14.8. The number of amides is 3. The van der Waals surface area contributed by atoms with E-state index in [1.807, 2.05) is 24.3 Å². The van der Waals surface area contributed by atoms with Crippen molar-refractivity contribution in [3.05, 3.63) is 130 Å². The topological polar surface area (TPSA) is 108 Å². The molecule has 0 saturated carbocycles. The molecule has 55 heavy (non-hydrogen) atoms. The predicted octanol–water partition coefficient (Wildman–Crippen LogP) is 5.64. The van der Waals surface area contributed by atoms with Gasteiger partial charge in [-0.2, -0.15) is 0 Å². The first-order valence-corrected chi connectivity index (χ1v) is 19.8. The van der Waals surface area contributed by atoms with E-state index in [2.05, 4.69) is 93.1 Å². The van der Waals surface area contributed by atoms with Crippen molar-refractivity contribution < 1.29 is 19.5 Å². The summed E-state index contributed by atoms with van der Waals surface area (Å²) in [6.07, 6.45) is 2.62. The fourth-order valence-corrected chi connectivity index (χ4v) is 8.73. The van der Waals surface area contributed by atoms with Crippen LogP contribution in [0.3, 0.4) is 0 Å². The van der Waals surface area contributed by atoms with E-state index in [1.54, 1.807) is 17.0 Å². The monoisotopic (exact) mass is 738 g/mol. The number of hydrazine groups is 1. The van der Waals surface area contributed by atoms with Gasteiger partial charge in [0.05, 0.1) is 0 Å². The number of phenols is 1. The smallest absolute Gasteiger partial charge is 0.255 e. The number of benzene rings is 4. The number of rotatable bonds is 11. The summed E-state index contributed by atoms with van der Waals surface area (Å²) < 4.78 is 0. The fourth-order valence-electron chi connectivity index (χ4n) is 8.73. The molecule has 2 unspecified atom stereocenters. The third-order valence-electron chi connectivity index (χ3n) is 11.8. The number of hydrogen-bond acceptors (Lipinski definition) is 8. The standard InChI is InChI=1S/C45H50N6O4/c1-2-39(32-7-4-3-5-8-32)43(34-13-16-38(52)17-14-34)33-11-9-31(10-12-33)36-28-46-50(29-36)22-6-21-48-23-25-49(26-24-48)37-15-18-40-35(27-37)30-51(45(40)55)41-19-20-42(53)47-44(41)54/h3-5,7-18,27,36,41,46,52H,2,6,19-26,28-30H2,1H3,(H,47,53,54)/b43-39+. The highest BCUT2D eigenvalue weighted by Crippen LogP contribution is 2.36. The molecule has 10 heteroatoms. The van der Waals surface area contributed by atoms with Gasteiger partial charge in [-0.1, -0.05) is 73.7 Å². The van der Waals surface area contributed by atoms with Crippen LogP contribution in [0.5, 0.6) is 5.75 Å². The van der Waals surface area contributed by atoms with Crippen LogP contribution >= 0.6 is 0 Å². The maximum Gasteiger partial charge on any atom is 0.255 e. The van der Waals surface area contributed by atoms with Crippen LogP contribution in [0.2, 0.25) is 0 Å². The highest BCUT2D eigenvalue weighted by Gasteiger charge is 2.39. The van der Waals surface area contributed by atoms with Crippen LogP contribution < -0.4 is 15.6 Å². The van der Waals surface area contributed by atoms with Gasteiger partial charge >= 0.3 is 0 Å². The van der Waals surface area contributed by atoms with E-state index < -0.39 is 6.04 Å². The zero-order valence-corrected chi connectivity index (χ0v) is 31.5. The highest BCUT2D eigenvalue weighted by molar-refractivity contribution is 6.05. The molecule has 4 heterocycles. The van der Waals surface area contributed by atoms with Gasteiger partial charge in [-0.15, -0.1) is 0 Å². The number of carbonyl (C=O) groups is 3. The number of aromatic hydroxyl groups is 1. The molecule has 3 fully saturated rings. The van der Waals surface area contributed by atoms with E-state index in [4.69, 9.17) is 0 Å². The van der Waals surface area contributed by atoms with E-state index in [0.29, 0.717) is 24.4 Å². The minimum absolute atomic E-state index is 0.129. The van der Waals surface area contributed by atoms with Crippen molar-refractivity contribution in [2.45, 2.75) is 51.1 Å². The van der Waals surface area contributed by atoms with Crippen molar-refractivity contribution in [1.29, 1.82) is 0 Å². The number of piperazine rings is 1. The van der Waals surface area contributed by atoms with Crippen LogP contribution in [0, 0.1) is 0 Å². The molecule has 4 aliphatic heterocycles. The van der Waals surface area contributed by atoms with Gasteiger partial charge in [-0.25, -0.2) is 5.01 Å². The molecule has 0 spiro atoms. The van der Waals surface area contributed by atoms with E-state index >= 15 is 0 Å². The third-order valence-corrected chi connectivity index (χ3v) is 11.8. The van der Waals surface area contributed by atoms with Crippen molar-refractivity contribution in [2.75, 3.05) is 57.3 Å². The summed E-state index contributed by atoms with van der Waals surface area (Å²) in [7, 11) is 0. The highest BCUT2D eigenvalue weighted by atomic mass is 16.3. The van der Waals surface area contributed by atoms with E-state index in [1.165, 1.54) is 27.8 Å². The van der Waals surface area contributed by atoms with Gasteiger partial charge in [0.1, 0.15) is 11.8 Å². The maximum atomic E-state index is 13.1. The number of nitrogens with one attached hydrogen (secondary N) is 2. The van der Waals surface area contributed by atoms with Crippen molar-refractivity contribution >= 4 is 34.6 Å². The summed E-state index contributed by atoms with van der Waals surface area (Å²) in [5.74, 6) is -0.0778. The second-order valence-electron chi connectivity index (χ2n) is 15.2. The molecule has 0 aromatic heterocycles. The van der Waals surface area contributed by atoms with Crippen LogP contribution in [0.4, 0.5) is 5.69 Å². The van der Waals surface area contributed by atoms with Gasteiger partial charge in [-0.3, -0.25) is 30.0 Å². The first-order valence-electron chi connectivity index (χ1n) is 19.8. The zero-order chi connectivity index (χ0) is 37.9. The van der Waals surface area contributed by atoms with Crippen molar-refractivity contribution in [2.24, 2.45) is 0 Å². The molecule has 4 aromatic carbocycles. The summed E-state index contributed by atoms with van der Waals surface area (Å²) in [6.45, 7) is 10.4. The molecule has 3 amide bonds. The number of hydrogen-bond donors (Lipinski definition) is 3. The lowest BCUT2D eigenvalue weighted by atomic mass is 9.87. The Bertz CT molecular complexity index is 2060. The number of piperidine rings is 1. The quantitative estimate of drug-likeness (QED) is 0.134. The Labute approximate surface area is 323 Å². The largest absolute Gasteiger partial charge is 0.508 e. The van der Waals surface area contributed by atoms with Crippen molar-refractivity contribution in [1.82, 2.24) is 25.6 Å². The first kappa shape index (κ1) is 36.7. The summed E-state index contributed by atoms with van der Waals surface area (Å²) in [4.78, 5) is 43.7. The van der Waals surface area contributed by atoms with Crippen molar-refractivity contribution in [3.8, 4) is 5.75 Å². The summed E-state index contributed by atoms with van der Waals surface area (Å²) >= 11 is 0. The lowest BCUT2D eigenvalue weighted by molar-refractivity contribution is -0.136. The second kappa shape index (κ2) is 16.2. The average Bonchev–Trinajstić information content (AvgIpc) is 3.82. The molecule has 4 aliphatic rings. The van der Waals surface area contributed by atoms with E-state index in [-0.39, 0.29) is 29.9 Å². The number of imide groups is 1. The Morgan fingerprint density at radius 2 is 1.55 bits per heavy atom. The van der Waals surface area contributed by atoms with Crippen molar-refractivity contribution in [3.63, 3.8) is 0 Å². The average molecular weight is 739 g/mol. The molecule has 284 valence electrons. The van der Waals surface area contributed by atoms with Gasteiger partial charge in [0.2, 0.25) is 11.8 Å². The predicted molar refractivity (Wildman–Crippen MR) is 215 cm³/mol. The van der Waals surface area contributed by atoms with Gasteiger partial charge < -0.3 is 14.9 Å². The number of phenolic OH excluding ortho intramolecular Hbond substituents is 1. The molecular formula is C45H50N6O4. The minimum atomic E-state index is -0.591. The van der Waals surface area contributed by atoms with Gasteiger partial charge in [0.25, 0.3) is 5.91 Å². The molecule has 10 nitrogen and oxygen atoms in total. The molecule has 4 aromatic rings. The number of allylic oxidation sites excluding steroid dienone is 1. The van der Waals surface area contributed by atoms with Crippen LogP contribution in [-0.2, 0) is 16.1 Å². The number of fused-ring (bicyclic) bond motifs is 1. The Balaban J connectivity index is 0.821. The first-order chi connectivity index (χ1) is 26.8. The lowest BCUT2D eigenvalue weighted by Gasteiger charge is -2.36. The van der Waals surface area contributed by atoms with Crippen LogP contribution in [0.25, 0.3) is 11.1 Å². The fraction of sp³-hybridized carbons (Fsp3) is 0.356. The zero-order valence-electron chi connectivity index (χ0n) is 31.5. The maximum absolute atomic E-state index is 13.1. The molecule has 8 rings (SSSR count). The normalized spacial score (nSPS) is 21.1. The summed E-state index contributed by atoms with van der Waals surface area (Å²) in [5.41, 5.74) is 13.7. The molecule has 2 atom stereocenters. The van der Waals surface area contributed by atoms with Crippen LogP contribution in [-0.4, -0.2) is 96.0 Å². The molecule has 3 saturated heterocycles. The summed E-state index contributed by atoms with van der Waals surface area (Å²) in [6, 6.07) is 32.7. The van der Waals surface area contributed by atoms with Gasteiger partial charge in [-0.05, 0) is 95.1 Å². The molecule has 0 aliphatic carbocycles.